The van der Waals surface area contributed by atoms with Gasteiger partial charge in [0, 0.05) is 25.0 Å². The minimum atomic E-state index is -0.895. The molecule has 0 radical (unpaired) electrons. The summed E-state index contributed by atoms with van der Waals surface area (Å²) in [6, 6.07) is 1.69. The van der Waals surface area contributed by atoms with Crippen molar-refractivity contribution in [3.05, 3.63) is 23.0 Å². The lowest BCUT2D eigenvalue weighted by Crippen LogP contribution is -2.20. The predicted octanol–water partition coefficient (Wildman–Crippen LogP) is 0.892. The number of hydrogen-bond donors (Lipinski definition) is 3. The fraction of sp³-hybridized carbons (Fsp3) is 0.583. The van der Waals surface area contributed by atoms with E-state index in [4.69, 9.17) is 10.2 Å². The number of aliphatic hydroxyl groups excluding tert-OH is 1. The molecule has 0 aromatic carbocycles. The summed E-state index contributed by atoms with van der Waals surface area (Å²) in [6.45, 7) is 4.86. The van der Waals surface area contributed by atoms with E-state index >= 15 is 0 Å². The molecule has 0 aliphatic carbocycles. The largest absolute Gasteiger partial charge is 0.478 e. The molecule has 17 heavy (non-hydrogen) atoms. The summed E-state index contributed by atoms with van der Waals surface area (Å²) in [5.41, 5.74) is 2.04. The molecule has 0 fully saturated rings. The van der Waals surface area contributed by atoms with Gasteiger partial charge in [-0.2, -0.15) is 0 Å². The Labute approximate surface area is 101 Å². The van der Waals surface area contributed by atoms with Crippen LogP contribution < -0.4 is 5.32 Å². The molecule has 1 heterocycles. The van der Waals surface area contributed by atoms with Crippen molar-refractivity contribution in [1.29, 1.82) is 0 Å². The van der Waals surface area contributed by atoms with Crippen molar-refractivity contribution < 1.29 is 15.0 Å². The zero-order chi connectivity index (χ0) is 13.0. The molecular formula is C12H20N2O3. The Kier molecular flexibility index (Phi) is 4.72. The highest BCUT2D eigenvalue weighted by molar-refractivity contribution is 5.89. The van der Waals surface area contributed by atoms with Gasteiger partial charge in [0.1, 0.15) is 0 Å². The lowest BCUT2D eigenvalue weighted by atomic mass is 10.2. The van der Waals surface area contributed by atoms with Crippen molar-refractivity contribution in [3.8, 4) is 0 Å². The second kappa shape index (κ2) is 5.84. The smallest absolute Gasteiger partial charge is 0.337 e. The Balaban J connectivity index is 2.60. The summed E-state index contributed by atoms with van der Waals surface area (Å²) in [5.74, 6) is -0.895. The Morgan fingerprint density at radius 2 is 2.24 bits per heavy atom. The SMILES string of the molecule is Cc1c(C(=O)O)cc(CNCCC(C)O)n1C. The predicted molar refractivity (Wildman–Crippen MR) is 65.1 cm³/mol. The highest BCUT2D eigenvalue weighted by Gasteiger charge is 2.13. The highest BCUT2D eigenvalue weighted by Crippen LogP contribution is 2.13. The van der Waals surface area contributed by atoms with Crippen LogP contribution in [0.5, 0.6) is 0 Å². The van der Waals surface area contributed by atoms with E-state index < -0.39 is 5.97 Å². The molecule has 96 valence electrons. The average Bonchev–Trinajstić information content (AvgIpc) is 2.52. The molecule has 0 saturated heterocycles. The van der Waals surface area contributed by atoms with Gasteiger partial charge < -0.3 is 20.1 Å². The number of rotatable bonds is 6. The number of nitrogens with zero attached hydrogens (tertiary/aromatic N) is 1. The van der Waals surface area contributed by atoms with Crippen LogP contribution in [0.2, 0.25) is 0 Å². The van der Waals surface area contributed by atoms with Crippen molar-refractivity contribution in [2.75, 3.05) is 6.54 Å². The van der Waals surface area contributed by atoms with Gasteiger partial charge in [0.25, 0.3) is 0 Å². The monoisotopic (exact) mass is 240 g/mol. The third-order valence-corrected chi connectivity index (χ3v) is 2.91. The fourth-order valence-electron chi connectivity index (χ4n) is 1.68. The van der Waals surface area contributed by atoms with E-state index in [1.165, 1.54) is 0 Å². The van der Waals surface area contributed by atoms with E-state index in [1.807, 2.05) is 11.6 Å². The molecular weight excluding hydrogens is 220 g/mol. The van der Waals surface area contributed by atoms with Gasteiger partial charge in [-0.05, 0) is 32.9 Å². The maximum absolute atomic E-state index is 10.9. The lowest BCUT2D eigenvalue weighted by Gasteiger charge is -2.08. The maximum atomic E-state index is 10.9. The zero-order valence-corrected chi connectivity index (χ0v) is 10.5. The molecule has 5 heteroatoms. The van der Waals surface area contributed by atoms with Gasteiger partial charge in [0.05, 0.1) is 11.7 Å². The van der Waals surface area contributed by atoms with Gasteiger partial charge >= 0.3 is 5.97 Å². The first-order valence-electron chi connectivity index (χ1n) is 5.70. The lowest BCUT2D eigenvalue weighted by molar-refractivity contribution is 0.0696. The number of carboxylic acid groups (broad SMARTS) is 1. The molecule has 1 unspecified atom stereocenters. The third kappa shape index (κ3) is 3.57. The second-order valence-electron chi connectivity index (χ2n) is 4.31. The second-order valence-corrected chi connectivity index (χ2v) is 4.31. The summed E-state index contributed by atoms with van der Waals surface area (Å²) >= 11 is 0. The minimum Gasteiger partial charge on any atom is -0.478 e. The molecule has 0 aliphatic heterocycles. The van der Waals surface area contributed by atoms with Crippen molar-refractivity contribution in [1.82, 2.24) is 9.88 Å². The molecule has 1 aromatic heterocycles. The van der Waals surface area contributed by atoms with Crippen LogP contribution in [0.3, 0.4) is 0 Å². The van der Waals surface area contributed by atoms with Crippen LogP contribution in [0.25, 0.3) is 0 Å². The van der Waals surface area contributed by atoms with Crippen molar-refractivity contribution in [3.63, 3.8) is 0 Å². The van der Waals surface area contributed by atoms with Crippen molar-refractivity contribution in [2.24, 2.45) is 7.05 Å². The van der Waals surface area contributed by atoms with Crippen LogP contribution in [0.4, 0.5) is 0 Å². The van der Waals surface area contributed by atoms with Crippen molar-refractivity contribution in [2.45, 2.75) is 32.9 Å². The molecule has 0 spiro atoms. The highest BCUT2D eigenvalue weighted by atomic mass is 16.4. The summed E-state index contributed by atoms with van der Waals surface area (Å²) in [6.07, 6.45) is 0.377. The summed E-state index contributed by atoms with van der Waals surface area (Å²) in [4.78, 5) is 10.9. The van der Waals surface area contributed by atoms with E-state index in [-0.39, 0.29) is 6.10 Å². The van der Waals surface area contributed by atoms with Crippen LogP contribution in [0, 0.1) is 6.92 Å². The number of aliphatic hydroxyl groups is 1. The maximum Gasteiger partial charge on any atom is 0.337 e. The van der Waals surface area contributed by atoms with Gasteiger partial charge in [-0.15, -0.1) is 0 Å². The minimum absolute atomic E-state index is 0.313. The molecule has 1 aromatic rings. The number of aromatic nitrogens is 1. The van der Waals surface area contributed by atoms with Crippen LogP contribution in [-0.2, 0) is 13.6 Å². The normalized spacial score (nSPS) is 12.7. The van der Waals surface area contributed by atoms with Crippen molar-refractivity contribution >= 4 is 5.97 Å². The van der Waals surface area contributed by atoms with E-state index in [1.54, 1.807) is 19.9 Å². The first-order chi connectivity index (χ1) is 7.93. The molecule has 0 amide bonds. The van der Waals surface area contributed by atoms with E-state index in [2.05, 4.69) is 5.32 Å². The van der Waals surface area contributed by atoms with Crippen LogP contribution >= 0.6 is 0 Å². The Morgan fingerprint density at radius 3 is 2.71 bits per heavy atom. The van der Waals surface area contributed by atoms with Crippen LogP contribution in [0.1, 0.15) is 35.1 Å². The molecule has 0 aliphatic rings. The van der Waals surface area contributed by atoms with Gasteiger partial charge in [-0.1, -0.05) is 0 Å². The topological polar surface area (TPSA) is 74.5 Å². The number of hydrogen-bond acceptors (Lipinski definition) is 3. The fourth-order valence-corrected chi connectivity index (χ4v) is 1.68. The number of nitrogens with one attached hydrogen (secondary N) is 1. The zero-order valence-electron chi connectivity index (χ0n) is 10.5. The number of carboxylic acids is 1. The van der Waals surface area contributed by atoms with Gasteiger partial charge in [-0.25, -0.2) is 4.79 Å². The first-order valence-corrected chi connectivity index (χ1v) is 5.70. The standard InChI is InChI=1S/C12H20N2O3/c1-8(15)4-5-13-7-10-6-11(12(16)17)9(2)14(10)3/h6,8,13,15H,4-5,7H2,1-3H3,(H,16,17). The average molecular weight is 240 g/mol. The summed E-state index contributed by atoms with van der Waals surface area (Å²) in [5, 5.41) is 21.3. The summed E-state index contributed by atoms with van der Waals surface area (Å²) < 4.78 is 1.87. The third-order valence-electron chi connectivity index (χ3n) is 2.91. The van der Waals surface area contributed by atoms with E-state index in [9.17, 15) is 4.79 Å². The quantitative estimate of drug-likeness (QED) is 0.646. The van der Waals surface area contributed by atoms with E-state index in [0.717, 1.165) is 11.4 Å². The first kappa shape index (κ1) is 13.7. The van der Waals surface area contributed by atoms with E-state index in [0.29, 0.717) is 25.1 Å². The summed E-state index contributed by atoms with van der Waals surface area (Å²) in [7, 11) is 1.85. The molecule has 1 rings (SSSR count). The Morgan fingerprint density at radius 1 is 1.59 bits per heavy atom. The van der Waals surface area contributed by atoms with Gasteiger partial charge in [-0.3, -0.25) is 0 Å². The number of carbonyl (C=O) groups is 1. The molecule has 3 N–H and O–H groups in total. The molecule has 1 atom stereocenters. The number of aromatic carboxylic acids is 1. The van der Waals surface area contributed by atoms with Gasteiger partial charge in [0.2, 0.25) is 0 Å². The van der Waals surface area contributed by atoms with Crippen LogP contribution in [0.15, 0.2) is 6.07 Å². The molecule has 0 saturated carbocycles. The molecule has 0 bridgehead atoms. The van der Waals surface area contributed by atoms with Gasteiger partial charge in [0.15, 0.2) is 0 Å². The Hall–Kier alpha value is -1.33. The molecule has 5 nitrogen and oxygen atoms in total. The Bertz CT molecular complexity index is 397. The van der Waals surface area contributed by atoms with Crippen LogP contribution in [-0.4, -0.2) is 33.4 Å².